The van der Waals surface area contributed by atoms with Crippen molar-refractivity contribution in [2.24, 2.45) is 0 Å². The quantitative estimate of drug-likeness (QED) is 0.872. The highest BCUT2D eigenvalue weighted by atomic mass is 32.2. The molecule has 1 aromatic heterocycles. The fourth-order valence-electron chi connectivity index (χ4n) is 1.79. The van der Waals surface area contributed by atoms with Gasteiger partial charge in [-0.2, -0.15) is 0 Å². The minimum absolute atomic E-state index is 0.0875. The number of pyridine rings is 1. The van der Waals surface area contributed by atoms with Crippen LogP contribution in [-0.4, -0.2) is 31.0 Å². The summed E-state index contributed by atoms with van der Waals surface area (Å²) >= 11 is 0. The molecular weight excluding hydrogens is 280 g/mol. The molecule has 0 fully saturated rings. The largest absolute Gasteiger partial charge is 0.511 e. The lowest BCUT2D eigenvalue weighted by molar-refractivity contribution is -0.117. The van der Waals surface area contributed by atoms with Crippen LogP contribution in [0.15, 0.2) is 40.6 Å². The van der Waals surface area contributed by atoms with E-state index in [0.29, 0.717) is 5.56 Å². The summed E-state index contributed by atoms with van der Waals surface area (Å²) in [6.45, 7) is 5.71. The number of allylic oxidation sites excluding steroid dienone is 1. The van der Waals surface area contributed by atoms with Gasteiger partial charge in [-0.1, -0.05) is 12.6 Å². The average molecular weight is 294 g/mol. The van der Waals surface area contributed by atoms with Crippen LogP contribution in [0.1, 0.15) is 18.9 Å². The van der Waals surface area contributed by atoms with E-state index in [2.05, 4.69) is 16.9 Å². The second kappa shape index (κ2) is 5.09. The number of aliphatic hydroxyl groups excluding tert-OH is 1. The summed E-state index contributed by atoms with van der Waals surface area (Å²) in [5.74, 6) is -1.24. The molecule has 0 saturated heterocycles. The first-order valence-electron chi connectivity index (χ1n) is 5.91. The summed E-state index contributed by atoms with van der Waals surface area (Å²) in [6, 6.07) is 2.85. The Balaban J connectivity index is 2.50. The predicted octanol–water partition coefficient (Wildman–Crippen LogP) is 1.18. The van der Waals surface area contributed by atoms with Crippen molar-refractivity contribution < 1.29 is 18.3 Å². The summed E-state index contributed by atoms with van der Waals surface area (Å²) in [5, 5.41) is 11.8. The van der Waals surface area contributed by atoms with Crippen molar-refractivity contribution in [1.82, 2.24) is 10.3 Å². The summed E-state index contributed by atoms with van der Waals surface area (Å²) in [4.78, 5) is 14.9. The van der Waals surface area contributed by atoms with Gasteiger partial charge in [-0.15, -0.1) is 0 Å². The summed E-state index contributed by atoms with van der Waals surface area (Å²) in [7, 11) is -4.13. The van der Waals surface area contributed by atoms with Crippen molar-refractivity contribution in [2.45, 2.75) is 18.4 Å². The lowest BCUT2D eigenvalue weighted by Crippen LogP contribution is -2.35. The molecule has 0 aromatic carbocycles. The van der Waals surface area contributed by atoms with E-state index in [9.17, 15) is 18.3 Å². The highest BCUT2D eigenvalue weighted by Gasteiger charge is 2.34. The van der Waals surface area contributed by atoms with Crippen LogP contribution in [-0.2, 0) is 14.6 Å². The number of carbonyl (C=O) groups is 1. The number of carbonyl (C=O) groups excluding carboxylic acids is 1. The van der Waals surface area contributed by atoms with Gasteiger partial charge in [-0.25, -0.2) is 13.4 Å². The third-order valence-corrected chi connectivity index (χ3v) is 4.64. The lowest BCUT2D eigenvalue weighted by atomic mass is 10.2. The molecule has 0 bridgehead atoms. The van der Waals surface area contributed by atoms with Crippen molar-refractivity contribution >= 4 is 21.3 Å². The number of amides is 1. The average Bonchev–Trinajstić information content (AvgIpc) is 2.38. The number of hydrogen-bond donors (Lipinski definition) is 2. The lowest BCUT2D eigenvalue weighted by Gasteiger charge is -2.16. The van der Waals surface area contributed by atoms with Crippen LogP contribution in [0.4, 0.5) is 0 Å². The molecule has 7 heteroatoms. The van der Waals surface area contributed by atoms with Crippen molar-refractivity contribution in [2.75, 3.05) is 6.54 Å². The second-order valence-corrected chi connectivity index (χ2v) is 6.28. The fraction of sp³-hybridized carbons (Fsp3) is 0.231. The summed E-state index contributed by atoms with van der Waals surface area (Å²) in [5.41, 5.74) is 1.45. The molecule has 6 nitrogen and oxygen atoms in total. The molecule has 0 aliphatic carbocycles. The Kier molecular flexibility index (Phi) is 3.63. The van der Waals surface area contributed by atoms with Gasteiger partial charge in [-0.05, 0) is 24.1 Å². The number of sulfone groups is 1. The van der Waals surface area contributed by atoms with Gasteiger partial charge in [0, 0.05) is 19.2 Å². The molecule has 0 atom stereocenters. The molecule has 106 valence electrons. The second-order valence-electron chi connectivity index (χ2n) is 4.45. The highest BCUT2D eigenvalue weighted by Crippen LogP contribution is 2.24. The van der Waals surface area contributed by atoms with Crippen LogP contribution >= 0.6 is 0 Å². The van der Waals surface area contributed by atoms with E-state index in [-0.39, 0.29) is 18.0 Å². The van der Waals surface area contributed by atoms with E-state index >= 15 is 0 Å². The molecule has 1 aromatic rings. The minimum atomic E-state index is -4.13. The van der Waals surface area contributed by atoms with E-state index in [1.54, 1.807) is 13.0 Å². The Labute approximate surface area is 116 Å². The van der Waals surface area contributed by atoms with E-state index < -0.39 is 26.4 Å². The standard InChI is InChI=1S/C13H14N2O4S/c1-8(2)9-3-4-11(15-7-9)20(18,19)12-10(16)5-6-14-13(12)17/h3-4,7,16H,1,5-6H2,2H3,(H,14,17). The molecule has 2 heterocycles. The fourth-order valence-corrected chi connectivity index (χ4v) is 3.17. The third kappa shape index (κ3) is 2.44. The van der Waals surface area contributed by atoms with Crippen molar-refractivity contribution in [3.63, 3.8) is 0 Å². The monoisotopic (exact) mass is 294 g/mol. The van der Waals surface area contributed by atoms with Gasteiger partial charge >= 0.3 is 0 Å². The maximum Gasteiger partial charge on any atom is 0.266 e. The van der Waals surface area contributed by atoms with Crippen molar-refractivity contribution in [3.8, 4) is 0 Å². The van der Waals surface area contributed by atoms with E-state index in [1.807, 2.05) is 0 Å². The molecule has 20 heavy (non-hydrogen) atoms. The van der Waals surface area contributed by atoms with Crippen LogP contribution in [0, 0.1) is 0 Å². The number of aromatic nitrogens is 1. The first-order valence-corrected chi connectivity index (χ1v) is 7.39. The van der Waals surface area contributed by atoms with Crippen LogP contribution in [0.5, 0.6) is 0 Å². The SMILES string of the molecule is C=C(C)c1ccc(S(=O)(=O)C2=C(O)CCNC2=O)nc1. The molecule has 0 unspecified atom stereocenters. The molecule has 1 aliphatic rings. The molecule has 2 rings (SSSR count). The van der Waals surface area contributed by atoms with Gasteiger partial charge in [0.05, 0.1) is 0 Å². The molecule has 2 N–H and O–H groups in total. The molecule has 0 saturated carbocycles. The highest BCUT2D eigenvalue weighted by molar-refractivity contribution is 7.96. The number of rotatable bonds is 3. The number of nitrogens with one attached hydrogen (secondary N) is 1. The predicted molar refractivity (Wildman–Crippen MR) is 73.4 cm³/mol. The maximum atomic E-state index is 12.3. The molecule has 1 amide bonds. The van der Waals surface area contributed by atoms with E-state index in [1.165, 1.54) is 12.3 Å². The zero-order chi connectivity index (χ0) is 14.9. The van der Waals surface area contributed by atoms with Crippen LogP contribution in [0.3, 0.4) is 0 Å². The molecule has 1 aliphatic heterocycles. The van der Waals surface area contributed by atoms with Crippen LogP contribution in [0.2, 0.25) is 0 Å². The topological polar surface area (TPSA) is 96.4 Å². The van der Waals surface area contributed by atoms with Gasteiger partial charge < -0.3 is 10.4 Å². The van der Waals surface area contributed by atoms with Crippen molar-refractivity contribution in [3.05, 3.63) is 41.1 Å². The first kappa shape index (κ1) is 14.3. The van der Waals surface area contributed by atoms with Gasteiger partial charge in [0.1, 0.15) is 5.76 Å². The zero-order valence-electron chi connectivity index (χ0n) is 10.9. The maximum absolute atomic E-state index is 12.3. The first-order chi connectivity index (χ1) is 9.34. The Morgan fingerprint density at radius 3 is 2.65 bits per heavy atom. The molecular formula is C13H14N2O4S. The smallest absolute Gasteiger partial charge is 0.266 e. The van der Waals surface area contributed by atoms with Crippen LogP contribution in [0.25, 0.3) is 5.57 Å². The molecule has 0 spiro atoms. The zero-order valence-corrected chi connectivity index (χ0v) is 11.7. The van der Waals surface area contributed by atoms with Gasteiger partial charge in [0.2, 0.25) is 9.84 Å². The Bertz CT molecular complexity index is 702. The van der Waals surface area contributed by atoms with E-state index in [4.69, 9.17) is 0 Å². The third-order valence-electron chi connectivity index (χ3n) is 2.89. The van der Waals surface area contributed by atoms with Crippen LogP contribution < -0.4 is 5.32 Å². The number of aliphatic hydroxyl groups is 1. The Morgan fingerprint density at radius 2 is 2.15 bits per heavy atom. The summed E-state index contributed by atoms with van der Waals surface area (Å²) < 4.78 is 24.7. The minimum Gasteiger partial charge on any atom is -0.511 e. The molecule has 0 radical (unpaired) electrons. The van der Waals surface area contributed by atoms with E-state index in [0.717, 1.165) is 5.57 Å². The van der Waals surface area contributed by atoms with Gasteiger partial charge in [0.25, 0.3) is 5.91 Å². The summed E-state index contributed by atoms with van der Waals surface area (Å²) in [6.07, 6.45) is 1.46. The van der Waals surface area contributed by atoms with Gasteiger partial charge in [0.15, 0.2) is 9.93 Å². The number of hydrogen-bond acceptors (Lipinski definition) is 5. The normalized spacial score (nSPS) is 15.9. The van der Waals surface area contributed by atoms with Gasteiger partial charge in [-0.3, -0.25) is 4.79 Å². The Morgan fingerprint density at radius 1 is 1.45 bits per heavy atom. The Hall–Kier alpha value is -2.15. The van der Waals surface area contributed by atoms with Crippen molar-refractivity contribution in [1.29, 1.82) is 0 Å². The number of nitrogens with zero attached hydrogens (tertiary/aromatic N) is 1.